The van der Waals surface area contributed by atoms with Crippen LogP contribution >= 0.6 is 0 Å². The topological polar surface area (TPSA) is 78.9 Å². The quantitative estimate of drug-likeness (QED) is 0.237. The first kappa shape index (κ1) is 27.4. The zero-order chi connectivity index (χ0) is 24.8. The maximum Gasteiger partial charge on any atom is 0.306 e. The molecule has 0 aromatic rings. The van der Waals surface area contributed by atoms with Crippen LogP contribution in [0.2, 0.25) is 0 Å². The van der Waals surface area contributed by atoms with E-state index in [9.17, 15) is 14.4 Å². The Hall–Kier alpha value is -1.85. The van der Waals surface area contributed by atoms with Gasteiger partial charge in [-0.15, -0.1) is 0 Å². The van der Waals surface area contributed by atoms with Gasteiger partial charge in [0.25, 0.3) is 0 Å². The fraction of sp³-hybridized carbons (Fsp3) is 0.815. The second-order valence-electron chi connectivity index (χ2n) is 11.2. The Kier molecular flexibility index (Phi) is 9.57. The van der Waals surface area contributed by atoms with Crippen LogP contribution in [0.25, 0.3) is 0 Å². The molecule has 0 bridgehead atoms. The maximum atomic E-state index is 12.4. The number of allylic oxidation sites excluding steroid dienone is 2. The maximum absolute atomic E-state index is 12.4. The molecular formula is C27H44O6. The molecule has 0 aromatic heterocycles. The van der Waals surface area contributed by atoms with Crippen LogP contribution in [-0.2, 0) is 28.6 Å². The number of hydrogen-bond donors (Lipinski definition) is 0. The monoisotopic (exact) mass is 464 g/mol. The van der Waals surface area contributed by atoms with Crippen molar-refractivity contribution in [2.75, 3.05) is 13.2 Å². The molecule has 0 radical (unpaired) electrons. The van der Waals surface area contributed by atoms with E-state index in [-0.39, 0.29) is 30.5 Å². The molecule has 2 aliphatic carbocycles. The number of carbonyl (C=O) groups is 3. The summed E-state index contributed by atoms with van der Waals surface area (Å²) in [5.74, 6) is 0.197. The second kappa shape index (κ2) is 11.5. The number of ether oxygens (including phenoxy) is 3. The molecule has 0 heterocycles. The SMILES string of the molecule is CC(=O)OCC(COC(=O)CC(C)CC[C@]1(C)C2=CCCC(C)(C)[C@H]2CC[C@@H]1C)OC(C)=O. The molecule has 0 saturated heterocycles. The largest absolute Gasteiger partial charge is 0.462 e. The Bertz CT molecular complexity index is 739. The fourth-order valence-corrected chi connectivity index (χ4v) is 5.66. The number of rotatable bonds is 10. The average Bonchev–Trinajstić information content (AvgIpc) is 2.71. The van der Waals surface area contributed by atoms with Gasteiger partial charge in [-0.1, -0.05) is 46.3 Å². The molecule has 2 unspecified atom stereocenters. The summed E-state index contributed by atoms with van der Waals surface area (Å²) in [6.45, 7) is 14.1. The van der Waals surface area contributed by atoms with E-state index in [1.165, 1.54) is 39.5 Å². The minimum Gasteiger partial charge on any atom is -0.462 e. The van der Waals surface area contributed by atoms with Gasteiger partial charge in [0.05, 0.1) is 0 Å². The van der Waals surface area contributed by atoms with Gasteiger partial charge in [0, 0.05) is 20.3 Å². The third-order valence-corrected chi connectivity index (χ3v) is 8.01. The number of esters is 3. The lowest BCUT2D eigenvalue weighted by Crippen LogP contribution is -2.43. The summed E-state index contributed by atoms with van der Waals surface area (Å²) < 4.78 is 15.3. The van der Waals surface area contributed by atoms with E-state index in [1.807, 2.05) is 0 Å². The van der Waals surface area contributed by atoms with Crippen molar-refractivity contribution in [2.45, 2.75) is 99.5 Å². The van der Waals surface area contributed by atoms with E-state index < -0.39 is 18.0 Å². The normalized spacial score (nSPS) is 28.0. The highest BCUT2D eigenvalue weighted by Crippen LogP contribution is 2.58. The highest BCUT2D eigenvalue weighted by Gasteiger charge is 2.47. The van der Waals surface area contributed by atoms with E-state index in [0.717, 1.165) is 12.8 Å². The van der Waals surface area contributed by atoms with Crippen molar-refractivity contribution >= 4 is 17.9 Å². The Morgan fingerprint density at radius 3 is 2.36 bits per heavy atom. The Balaban J connectivity index is 1.88. The van der Waals surface area contributed by atoms with E-state index in [0.29, 0.717) is 23.7 Å². The van der Waals surface area contributed by atoms with Crippen LogP contribution in [0.1, 0.15) is 93.4 Å². The summed E-state index contributed by atoms with van der Waals surface area (Å²) in [6.07, 6.45) is 9.06. The molecule has 1 fully saturated rings. The Labute approximate surface area is 199 Å². The number of carbonyl (C=O) groups excluding carboxylic acids is 3. The highest BCUT2D eigenvalue weighted by atomic mass is 16.6. The first-order chi connectivity index (χ1) is 15.3. The molecule has 1 saturated carbocycles. The van der Waals surface area contributed by atoms with Crippen molar-refractivity contribution in [3.63, 3.8) is 0 Å². The summed E-state index contributed by atoms with van der Waals surface area (Å²) in [7, 11) is 0. The predicted molar refractivity (Wildman–Crippen MR) is 127 cm³/mol. The lowest BCUT2D eigenvalue weighted by Gasteiger charge is -2.53. The molecule has 0 spiro atoms. The van der Waals surface area contributed by atoms with Gasteiger partial charge < -0.3 is 14.2 Å². The van der Waals surface area contributed by atoms with Gasteiger partial charge >= 0.3 is 17.9 Å². The molecule has 5 atom stereocenters. The van der Waals surface area contributed by atoms with Crippen LogP contribution in [0.15, 0.2) is 11.6 Å². The van der Waals surface area contributed by atoms with Gasteiger partial charge in [-0.25, -0.2) is 0 Å². The minimum atomic E-state index is -0.786. The lowest BCUT2D eigenvalue weighted by molar-refractivity contribution is -0.165. The summed E-state index contributed by atoms with van der Waals surface area (Å²) in [6, 6.07) is 0. The standard InChI is InChI=1S/C27H44O6/c1-18(15-25(30)32-17-22(33-21(4)29)16-31-20(3)28)12-14-27(7)19(2)10-11-23-24(27)9-8-13-26(23,5)6/h9,18-19,22-23H,8,10-17H2,1-7H3/t18?,19-,22?,23-,27-/m0/s1. The third kappa shape index (κ3) is 7.58. The number of hydrogen-bond acceptors (Lipinski definition) is 6. The van der Waals surface area contributed by atoms with E-state index in [2.05, 4.69) is 40.7 Å². The zero-order valence-corrected chi connectivity index (χ0v) is 21.7. The molecule has 33 heavy (non-hydrogen) atoms. The van der Waals surface area contributed by atoms with Crippen LogP contribution in [0.3, 0.4) is 0 Å². The Morgan fingerprint density at radius 1 is 1.06 bits per heavy atom. The van der Waals surface area contributed by atoms with Crippen molar-refractivity contribution in [3.05, 3.63) is 11.6 Å². The van der Waals surface area contributed by atoms with Crippen LogP contribution in [0, 0.1) is 28.6 Å². The van der Waals surface area contributed by atoms with Gasteiger partial charge in [-0.05, 0) is 67.1 Å². The first-order valence-electron chi connectivity index (χ1n) is 12.5. The van der Waals surface area contributed by atoms with Crippen LogP contribution < -0.4 is 0 Å². The zero-order valence-electron chi connectivity index (χ0n) is 21.7. The van der Waals surface area contributed by atoms with Crippen LogP contribution in [0.5, 0.6) is 0 Å². The molecule has 188 valence electrons. The van der Waals surface area contributed by atoms with Crippen molar-refractivity contribution in [3.8, 4) is 0 Å². The van der Waals surface area contributed by atoms with Crippen molar-refractivity contribution < 1.29 is 28.6 Å². The summed E-state index contributed by atoms with van der Waals surface area (Å²) in [5.41, 5.74) is 2.20. The second-order valence-corrected chi connectivity index (χ2v) is 11.2. The van der Waals surface area contributed by atoms with Gasteiger partial charge in [0.15, 0.2) is 6.10 Å². The molecule has 2 aliphatic rings. The Morgan fingerprint density at radius 2 is 1.73 bits per heavy atom. The molecule has 0 aromatic carbocycles. The summed E-state index contributed by atoms with van der Waals surface area (Å²) in [4.78, 5) is 34.7. The van der Waals surface area contributed by atoms with E-state index in [4.69, 9.17) is 14.2 Å². The van der Waals surface area contributed by atoms with Gasteiger partial charge in [0.1, 0.15) is 13.2 Å². The van der Waals surface area contributed by atoms with Gasteiger partial charge in [-0.3, -0.25) is 14.4 Å². The summed E-state index contributed by atoms with van der Waals surface area (Å²) in [5, 5.41) is 0. The van der Waals surface area contributed by atoms with Crippen molar-refractivity contribution in [1.29, 1.82) is 0 Å². The highest BCUT2D eigenvalue weighted by molar-refractivity contribution is 5.70. The van der Waals surface area contributed by atoms with Crippen molar-refractivity contribution in [2.24, 2.45) is 28.6 Å². The third-order valence-electron chi connectivity index (χ3n) is 8.01. The lowest BCUT2D eigenvalue weighted by atomic mass is 9.52. The van der Waals surface area contributed by atoms with Crippen LogP contribution in [0.4, 0.5) is 0 Å². The number of fused-ring (bicyclic) bond motifs is 1. The molecule has 2 rings (SSSR count). The first-order valence-corrected chi connectivity index (χ1v) is 12.5. The van der Waals surface area contributed by atoms with Gasteiger partial charge in [0.2, 0.25) is 0 Å². The van der Waals surface area contributed by atoms with Gasteiger partial charge in [-0.2, -0.15) is 0 Å². The molecule has 0 aliphatic heterocycles. The minimum absolute atomic E-state index is 0.114. The fourth-order valence-electron chi connectivity index (χ4n) is 5.66. The molecule has 6 heteroatoms. The summed E-state index contributed by atoms with van der Waals surface area (Å²) >= 11 is 0. The predicted octanol–water partition coefficient (Wildman–Crippen LogP) is 5.63. The van der Waals surface area contributed by atoms with E-state index >= 15 is 0 Å². The van der Waals surface area contributed by atoms with Crippen LogP contribution in [-0.4, -0.2) is 37.2 Å². The molecule has 0 amide bonds. The smallest absolute Gasteiger partial charge is 0.306 e. The van der Waals surface area contributed by atoms with E-state index in [1.54, 1.807) is 5.57 Å². The average molecular weight is 465 g/mol. The molecule has 6 nitrogen and oxygen atoms in total. The van der Waals surface area contributed by atoms with Crippen molar-refractivity contribution in [1.82, 2.24) is 0 Å². The molecule has 0 N–H and O–H groups in total. The molecular weight excluding hydrogens is 420 g/mol.